The summed E-state index contributed by atoms with van der Waals surface area (Å²) in [6.07, 6.45) is 1.08. The summed E-state index contributed by atoms with van der Waals surface area (Å²) >= 11 is 0. The van der Waals surface area contributed by atoms with Crippen LogP contribution >= 0.6 is 0 Å². The van der Waals surface area contributed by atoms with E-state index in [0.717, 1.165) is 6.42 Å². The van der Waals surface area contributed by atoms with Gasteiger partial charge in [-0.25, -0.2) is 0 Å². The summed E-state index contributed by atoms with van der Waals surface area (Å²) in [5, 5.41) is 0. The SMILES string of the molecule is CCC(C)(OC)C(C)C. The summed E-state index contributed by atoms with van der Waals surface area (Å²) in [5.41, 5.74) is 0.0833. The van der Waals surface area contributed by atoms with Gasteiger partial charge >= 0.3 is 0 Å². The first-order valence-electron chi connectivity index (χ1n) is 3.62. The van der Waals surface area contributed by atoms with Gasteiger partial charge in [-0.2, -0.15) is 0 Å². The lowest BCUT2D eigenvalue weighted by Crippen LogP contribution is -2.32. The number of hydrogen-bond donors (Lipinski definition) is 0. The minimum absolute atomic E-state index is 0.0833. The van der Waals surface area contributed by atoms with Gasteiger partial charge < -0.3 is 4.74 Å². The molecule has 0 amide bonds. The van der Waals surface area contributed by atoms with Crippen molar-refractivity contribution >= 4 is 0 Å². The maximum Gasteiger partial charge on any atom is 0.0670 e. The predicted molar refractivity (Wildman–Crippen MR) is 40.5 cm³/mol. The normalized spacial score (nSPS) is 18.0. The molecule has 0 aliphatic rings. The molecule has 1 atom stereocenters. The van der Waals surface area contributed by atoms with Crippen molar-refractivity contribution < 1.29 is 4.74 Å². The summed E-state index contributed by atoms with van der Waals surface area (Å²) in [6.45, 7) is 8.68. The van der Waals surface area contributed by atoms with Crippen LogP contribution in [0.1, 0.15) is 34.1 Å². The average molecular weight is 130 g/mol. The van der Waals surface area contributed by atoms with Crippen LogP contribution in [0.25, 0.3) is 0 Å². The Labute approximate surface area is 58.4 Å². The van der Waals surface area contributed by atoms with Gasteiger partial charge in [0.15, 0.2) is 0 Å². The largest absolute Gasteiger partial charge is 0.378 e. The van der Waals surface area contributed by atoms with E-state index >= 15 is 0 Å². The molecule has 0 radical (unpaired) electrons. The highest BCUT2D eigenvalue weighted by Crippen LogP contribution is 2.23. The molecule has 0 N–H and O–H groups in total. The molecule has 0 fully saturated rings. The van der Waals surface area contributed by atoms with Crippen molar-refractivity contribution in [3.8, 4) is 0 Å². The zero-order chi connectivity index (χ0) is 7.49. The van der Waals surface area contributed by atoms with Gasteiger partial charge in [-0.1, -0.05) is 20.8 Å². The standard InChI is InChI=1S/C8H18O/c1-6-8(4,9-5)7(2)3/h7H,6H2,1-5H3. The summed E-state index contributed by atoms with van der Waals surface area (Å²) in [7, 11) is 1.78. The lowest BCUT2D eigenvalue weighted by molar-refractivity contribution is -0.0348. The highest BCUT2D eigenvalue weighted by molar-refractivity contribution is 4.75. The van der Waals surface area contributed by atoms with Gasteiger partial charge in [-0.3, -0.25) is 0 Å². The van der Waals surface area contributed by atoms with E-state index in [1.807, 2.05) is 0 Å². The van der Waals surface area contributed by atoms with Gasteiger partial charge in [0.1, 0.15) is 0 Å². The van der Waals surface area contributed by atoms with E-state index in [4.69, 9.17) is 4.74 Å². The molecule has 0 rings (SSSR count). The third kappa shape index (κ3) is 1.98. The van der Waals surface area contributed by atoms with E-state index in [2.05, 4.69) is 27.7 Å². The fourth-order valence-electron chi connectivity index (χ4n) is 0.788. The zero-order valence-electron chi connectivity index (χ0n) is 7.19. The van der Waals surface area contributed by atoms with E-state index in [-0.39, 0.29) is 5.60 Å². The summed E-state index contributed by atoms with van der Waals surface area (Å²) < 4.78 is 5.35. The molecule has 0 aromatic carbocycles. The van der Waals surface area contributed by atoms with Crippen molar-refractivity contribution in [2.45, 2.75) is 39.7 Å². The Morgan fingerprint density at radius 2 is 1.89 bits per heavy atom. The minimum atomic E-state index is 0.0833. The van der Waals surface area contributed by atoms with Crippen molar-refractivity contribution in [3.63, 3.8) is 0 Å². The van der Waals surface area contributed by atoms with E-state index in [9.17, 15) is 0 Å². The van der Waals surface area contributed by atoms with E-state index in [1.165, 1.54) is 0 Å². The fraction of sp³-hybridized carbons (Fsp3) is 1.00. The molecular formula is C8H18O. The van der Waals surface area contributed by atoms with Gasteiger partial charge in [0.2, 0.25) is 0 Å². The molecule has 0 aromatic rings. The van der Waals surface area contributed by atoms with Crippen LogP contribution in [0.3, 0.4) is 0 Å². The maximum atomic E-state index is 5.35. The molecule has 0 aromatic heterocycles. The number of rotatable bonds is 3. The quantitative estimate of drug-likeness (QED) is 0.570. The first kappa shape index (κ1) is 8.96. The Morgan fingerprint density at radius 3 is 1.89 bits per heavy atom. The second-order valence-electron chi connectivity index (χ2n) is 3.03. The minimum Gasteiger partial charge on any atom is -0.378 e. The Morgan fingerprint density at radius 1 is 1.44 bits per heavy atom. The first-order chi connectivity index (χ1) is 4.06. The second kappa shape index (κ2) is 3.21. The molecule has 0 saturated heterocycles. The van der Waals surface area contributed by atoms with Crippen LogP contribution in [0.2, 0.25) is 0 Å². The van der Waals surface area contributed by atoms with Crippen LogP contribution in [0, 0.1) is 5.92 Å². The van der Waals surface area contributed by atoms with Gasteiger partial charge in [0.25, 0.3) is 0 Å². The molecule has 0 aliphatic heterocycles. The van der Waals surface area contributed by atoms with Gasteiger partial charge in [-0.15, -0.1) is 0 Å². The number of ether oxygens (including phenoxy) is 1. The van der Waals surface area contributed by atoms with Gasteiger partial charge in [0, 0.05) is 7.11 Å². The molecular weight excluding hydrogens is 112 g/mol. The van der Waals surface area contributed by atoms with E-state index in [0.29, 0.717) is 5.92 Å². The van der Waals surface area contributed by atoms with Crippen molar-refractivity contribution in [1.29, 1.82) is 0 Å². The smallest absolute Gasteiger partial charge is 0.0670 e. The van der Waals surface area contributed by atoms with Crippen LogP contribution in [0.4, 0.5) is 0 Å². The van der Waals surface area contributed by atoms with Crippen molar-refractivity contribution in [2.75, 3.05) is 7.11 Å². The molecule has 0 aliphatic carbocycles. The first-order valence-corrected chi connectivity index (χ1v) is 3.62. The van der Waals surface area contributed by atoms with Crippen LogP contribution in [0.5, 0.6) is 0 Å². The average Bonchev–Trinajstić information content (AvgIpc) is 1.86. The molecule has 0 spiro atoms. The van der Waals surface area contributed by atoms with Gasteiger partial charge in [0.05, 0.1) is 5.60 Å². The molecule has 0 saturated carbocycles. The topological polar surface area (TPSA) is 9.23 Å². The van der Waals surface area contributed by atoms with Crippen molar-refractivity contribution in [1.82, 2.24) is 0 Å². The Balaban J connectivity index is 3.92. The second-order valence-corrected chi connectivity index (χ2v) is 3.03. The fourth-order valence-corrected chi connectivity index (χ4v) is 0.788. The van der Waals surface area contributed by atoms with Crippen molar-refractivity contribution in [3.05, 3.63) is 0 Å². The van der Waals surface area contributed by atoms with Crippen LogP contribution < -0.4 is 0 Å². The summed E-state index contributed by atoms with van der Waals surface area (Å²) in [5.74, 6) is 0.604. The molecule has 56 valence electrons. The number of hydrogen-bond acceptors (Lipinski definition) is 1. The molecule has 1 unspecified atom stereocenters. The Bertz CT molecular complexity index is 72.6. The maximum absolute atomic E-state index is 5.35. The lowest BCUT2D eigenvalue weighted by atomic mass is 9.90. The van der Waals surface area contributed by atoms with Crippen molar-refractivity contribution in [2.24, 2.45) is 5.92 Å². The van der Waals surface area contributed by atoms with Crippen LogP contribution in [0.15, 0.2) is 0 Å². The highest BCUT2D eigenvalue weighted by Gasteiger charge is 2.24. The predicted octanol–water partition coefficient (Wildman–Crippen LogP) is 2.46. The van der Waals surface area contributed by atoms with E-state index < -0.39 is 0 Å². The Hall–Kier alpha value is -0.0400. The van der Waals surface area contributed by atoms with Crippen LogP contribution in [-0.4, -0.2) is 12.7 Å². The molecule has 0 bridgehead atoms. The Kier molecular flexibility index (Phi) is 3.20. The molecule has 0 heterocycles. The summed E-state index contributed by atoms with van der Waals surface area (Å²) in [6, 6.07) is 0. The lowest BCUT2D eigenvalue weighted by Gasteiger charge is -2.30. The number of methoxy groups -OCH3 is 1. The monoisotopic (exact) mass is 130 g/mol. The zero-order valence-corrected chi connectivity index (χ0v) is 7.19. The molecule has 9 heavy (non-hydrogen) atoms. The van der Waals surface area contributed by atoms with Gasteiger partial charge in [-0.05, 0) is 19.3 Å². The molecule has 1 heteroatoms. The van der Waals surface area contributed by atoms with E-state index in [1.54, 1.807) is 7.11 Å². The summed E-state index contributed by atoms with van der Waals surface area (Å²) in [4.78, 5) is 0. The van der Waals surface area contributed by atoms with Crippen LogP contribution in [-0.2, 0) is 4.74 Å². The third-order valence-corrected chi connectivity index (χ3v) is 2.39. The third-order valence-electron chi connectivity index (χ3n) is 2.39. The highest BCUT2D eigenvalue weighted by atomic mass is 16.5. The molecule has 1 nitrogen and oxygen atoms in total.